The Balaban J connectivity index is 2.39. The van der Waals surface area contributed by atoms with E-state index < -0.39 is 0 Å². The number of amidine groups is 1. The Labute approximate surface area is 77.8 Å². The van der Waals surface area contributed by atoms with Gasteiger partial charge in [-0.1, -0.05) is 24.3 Å². The molecule has 0 saturated carbocycles. The number of hydrogen-bond donors (Lipinski definition) is 1. The zero-order valence-corrected chi connectivity index (χ0v) is 7.46. The highest BCUT2D eigenvalue weighted by atomic mass is 14.8. The smallest absolute Gasteiger partial charge is 0.120 e. The zero-order valence-electron chi connectivity index (χ0n) is 7.46. The van der Waals surface area contributed by atoms with Gasteiger partial charge in [0.2, 0.25) is 0 Å². The van der Waals surface area contributed by atoms with Crippen molar-refractivity contribution in [2.45, 2.75) is 19.3 Å². The Morgan fingerprint density at radius 2 is 2.00 bits per heavy atom. The lowest BCUT2D eigenvalue weighted by Crippen LogP contribution is -2.02. The van der Waals surface area contributed by atoms with Gasteiger partial charge in [-0.3, -0.25) is 5.41 Å². The van der Waals surface area contributed by atoms with Gasteiger partial charge >= 0.3 is 0 Å². The maximum Gasteiger partial charge on any atom is 0.120 e. The Morgan fingerprint density at radius 1 is 1.15 bits per heavy atom. The number of fused-ring (bicyclic) bond motifs is 1. The van der Waals surface area contributed by atoms with E-state index in [1.165, 1.54) is 5.56 Å². The molecular weight excluding hydrogens is 160 g/mol. The van der Waals surface area contributed by atoms with Gasteiger partial charge in [-0.05, 0) is 24.0 Å². The van der Waals surface area contributed by atoms with Gasteiger partial charge in [0.1, 0.15) is 5.84 Å². The molecule has 0 bridgehead atoms. The molecular formula is C11H12N2. The van der Waals surface area contributed by atoms with E-state index in [1.54, 1.807) is 6.21 Å². The van der Waals surface area contributed by atoms with E-state index in [1.807, 2.05) is 6.07 Å². The van der Waals surface area contributed by atoms with E-state index in [9.17, 15) is 0 Å². The standard InChI is InChI=1S/C11H12N2/c12-11-7-3-6-9-4-1-2-5-10(9)8-13-11/h1-2,4-5,8,12H,3,6-7H2. The minimum atomic E-state index is 0.495. The molecule has 1 aliphatic heterocycles. The number of aryl methyl sites for hydroxylation is 1. The molecule has 0 saturated heterocycles. The molecule has 0 aromatic heterocycles. The molecule has 0 radical (unpaired) electrons. The fraction of sp³-hybridized carbons (Fsp3) is 0.273. The average Bonchev–Trinajstić information content (AvgIpc) is 2.13. The zero-order chi connectivity index (χ0) is 9.10. The Morgan fingerprint density at radius 3 is 2.92 bits per heavy atom. The largest absolute Gasteiger partial charge is 0.287 e. The van der Waals surface area contributed by atoms with Crippen molar-refractivity contribution in [3.05, 3.63) is 35.4 Å². The molecule has 0 atom stereocenters. The molecule has 1 aromatic carbocycles. The maximum atomic E-state index is 7.47. The molecule has 1 aromatic rings. The molecule has 0 amide bonds. The fourth-order valence-electron chi connectivity index (χ4n) is 1.55. The predicted octanol–water partition coefficient (Wildman–Crippen LogP) is 2.42. The summed E-state index contributed by atoms with van der Waals surface area (Å²) in [5.74, 6) is 0.495. The molecule has 0 unspecified atom stereocenters. The van der Waals surface area contributed by atoms with Gasteiger partial charge < -0.3 is 0 Å². The van der Waals surface area contributed by atoms with E-state index in [0.29, 0.717) is 5.84 Å². The number of nitrogens with zero attached hydrogens (tertiary/aromatic N) is 1. The summed E-state index contributed by atoms with van der Waals surface area (Å²) in [5.41, 5.74) is 2.51. The van der Waals surface area contributed by atoms with Crippen molar-refractivity contribution in [1.29, 1.82) is 5.41 Å². The highest BCUT2D eigenvalue weighted by Gasteiger charge is 2.04. The van der Waals surface area contributed by atoms with Crippen LogP contribution in [-0.2, 0) is 6.42 Å². The van der Waals surface area contributed by atoms with Crippen LogP contribution in [0.1, 0.15) is 24.0 Å². The second-order valence-corrected chi connectivity index (χ2v) is 3.26. The third-order valence-corrected chi connectivity index (χ3v) is 2.27. The van der Waals surface area contributed by atoms with Crippen molar-refractivity contribution < 1.29 is 0 Å². The van der Waals surface area contributed by atoms with E-state index >= 15 is 0 Å². The average molecular weight is 172 g/mol. The number of nitrogens with one attached hydrogen (secondary N) is 1. The van der Waals surface area contributed by atoms with Gasteiger partial charge in [-0.25, -0.2) is 4.99 Å². The van der Waals surface area contributed by atoms with Crippen LogP contribution in [0.25, 0.3) is 0 Å². The molecule has 1 N–H and O–H groups in total. The van der Waals surface area contributed by atoms with Gasteiger partial charge in [0.05, 0.1) is 0 Å². The van der Waals surface area contributed by atoms with Crippen LogP contribution in [0.5, 0.6) is 0 Å². The van der Waals surface area contributed by atoms with Crippen molar-refractivity contribution in [1.82, 2.24) is 0 Å². The van der Waals surface area contributed by atoms with Gasteiger partial charge in [0.25, 0.3) is 0 Å². The first kappa shape index (κ1) is 8.17. The molecule has 0 spiro atoms. The molecule has 1 heterocycles. The second-order valence-electron chi connectivity index (χ2n) is 3.26. The van der Waals surface area contributed by atoms with Crippen LogP contribution in [0.15, 0.2) is 29.3 Å². The monoisotopic (exact) mass is 172 g/mol. The van der Waals surface area contributed by atoms with Crippen LogP contribution in [0.3, 0.4) is 0 Å². The van der Waals surface area contributed by atoms with Gasteiger partial charge in [0, 0.05) is 12.6 Å². The lowest BCUT2D eigenvalue weighted by atomic mass is 10.0. The fourth-order valence-corrected chi connectivity index (χ4v) is 1.55. The minimum absolute atomic E-state index is 0.495. The van der Waals surface area contributed by atoms with Gasteiger partial charge in [-0.15, -0.1) is 0 Å². The SMILES string of the molecule is N=C1CCCc2ccccc2C=N1. The first-order valence-electron chi connectivity index (χ1n) is 4.55. The summed E-state index contributed by atoms with van der Waals surface area (Å²) in [7, 11) is 0. The highest BCUT2D eigenvalue weighted by Crippen LogP contribution is 2.12. The molecule has 0 fully saturated rings. The number of aliphatic imine (C=N–C) groups is 1. The minimum Gasteiger partial charge on any atom is -0.287 e. The van der Waals surface area contributed by atoms with Crippen LogP contribution in [-0.4, -0.2) is 12.1 Å². The molecule has 2 nitrogen and oxygen atoms in total. The summed E-state index contributed by atoms with van der Waals surface area (Å²) in [4.78, 5) is 4.08. The summed E-state index contributed by atoms with van der Waals surface area (Å²) in [6.45, 7) is 0. The Bertz CT molecular complexity index is 353. The molecule has 13 heavy (non-hydrogen) atoms. The first-order chi connectivity index (χ1) is 6.36. The van der Waals surface area contributed by atoms with Crippen LogP contribution in [0.2, 0.25) is 0 Å². The Kier molecular flexibility index (Phi) is 2.21. The van der Waals surface area contributed by atoms with E-state index in [0.717, 1.165) is 24.8 Å². The van der Waals surface area contributed by atoms with Crippen molar-refractivity contribution >= 4 is 12.1 Å². The third-order valence-electron chi connectivity index (χ3n) is 2.27. The van der Waals surface area contributed by atoms with Gasteiger partial charge in [-0.2, -0.15) is 0 Å². The Hall–Kier alpha value is -1.44. The maximum absolute atomic E-state index is 7.47. The molecule has 2 heteroatoms. The van der Waals surface area contributed by atoms with E-state index in [4.69, 9.17) is 5.41 Å². The van der Waals surface area contributed by atoms with Crippen LogP contribution in [0.4, 0.5) is 0 Å². The van der Waals surface area contributed by atoms with Crippen LogP contribution in [0, 0.1) is 5.41 Å². The first-order valence-corrected chi connectivity index (χ1v) is 4.55. The van der Waals surface area contributed by atoms with Crippen molar-refractivity contribution in [3.8, 4) is 0 Å². The summed E-state index contributed by atoms with van der Waals surface area (Å²) in [6.07, 6.45) is 4.69. The molecule has 2 rings (SSSR count). The van der Waals surface area contributed by atoms with Crippen LogP contribution >= 0.6 is 0 Å². The van der Waals surface area contributed by atoms with E-state index in [-0.39, 0.29) is 0 Å². The summed E-state index contributed by atoms with van der Waals surface area (Å²) in [6, 6.07) is 8.25. The lowest BCUT2D eigenvalue weighted by molar-refractivity contribution is 0.853. The number of hydrogen-bond acceptors (Lipinski definition) is 1. The second kappa shape index (κ2) is 3.52. The molecule has 0 aliphatic carbocycles. The lowest BCUT2D eigenvalue weighted by Gasteiger charge is -2.08. The normalized spacial score (nSPS) is 16.2. The van der Waals surface area contributed by atoms with Gasteiger partial charge in [0.15, 0.2) is 0 Å². The van der Waals surface area contributed by atoms with E-state index in [2.05, 4.69) is 23.2 Å². The van der Waals surface area contributed by atoms with Crippen LogP contribution < -0.4 is 0 Å². The number of rotatable bonds is 0. The third kappa shape index (κ3) is 1.83. The summed E-state index contributed by atoms with van der Waals surface area (Å²) < 4.78 is 0. The quantitative estimate of drug-likeness (QED) is 0.624. The molecule has 66 valence electrons. The van der Waals surface area contributed by atoms with Crippen molar-refractivity contribution in [3.63, 3.8) is 0 Å². The topological polar surface area (TPSA) is 36.2 Å². The predicted molar refractivity (Wildman–Crippen MR) is 54.7 cm³/mol. The van der Waals surface area contributed by atoms with Crippen molar-refractivity contribution in [2.24, 2.45) is 4.99 Å². The highest BCUT2D eigenvalue weighted by molar-refractivity contribution is 5.94. The summed E-state index contributed by atoms with van der Waals surface area (Å²) >= 11 is 0. The summed E-state index contributed by atoms with van der Waals surface area (Å²) in [5, 5.41) is 7.47. The van der Waals surface area contributed by atoms with Crippen molar-refractivity contribution in [2.75, 3.05) is 0 Å². The molecule has 1 aliphatic rings. The number of benzene rings is 1.